The Bertz CT molecular complexity index is 6690. The highest BCUT2D eigenvalue weighted by Gasteiger charge is 2.46. The van der Waals surface area contributed by atoms with Gasteiger partial charge >= 0.3 is 0 Å². The quantitative estimate of drug-likeness (QED) is 0.0195. The predicted octanol–water partition coefficient (Wildman–Crippen LogP) is 23.4. The Morgan fingerprint density at radius 3 is 0.473 bits per heavy atom. The Kier molecular flexibility index (Phi) is 38.7. The summed E-state index contributed by atoms with van der Waals surface area (Å²) in [7, 11) is -8.46. The first kappa shape index (κ1) is 115. The molecular formula is C123H162N6O18Si3. The van der Waals surface area contributed by atoms with E-state index in [1.54, 1.807) is 36.4 Å². The van der Waals surface area contributed by atoms with E-state index in [9.17, 15) is 0 Å². The lowest BCUT2D eigenvalue weighted by molar-refractivity contribution is 0.291. The fraction of sp³-hybridized carbons (Fsp3) is 0.561. The maximum Gasteiger partial charge on any atom is 0.263 e. The van der Waals surface area contributed by atoms with Gasteiger partial charge in [0.25, 0.3) is 66.7 Å². The Morgan fingerprint density at radius 1 is 0.207 bits per heavy atom. The van der Waals surface area contributed by atoms with Crippen molar-refractivity contribution in [3.8, 4) is 68.9 Å². The van der Waals surface area contributed by atoms with Gasteiger partial charge in [0.05, 0.1) is 160 Å². The summed E-state index contributed by atoms with van der Waals surface area (Å²) in [5.74, 6) is 11.6. The molecule has 0 fully saturated rings. The minimum Gasteiger partial charge on any atom is -0.493 e. The smallest absolute Gasteiger partial charge is 0.263 e. The van der Waals surface area contributed by atoms with Crippen LogP contribution < -0.4 is 95.1 Å². The summed E-state index contributed by atoms with van der Waals surface area (Å²) in [5.41, 5.74) is 4.01. The van der Waals surface area contributed by atoms with E-state index in [1.807, 2.05) is 0 Å². The highest BCUT2D eigenvalue weighted by Crippen LogP contribution is 2.46. The first-order valence-electron chi connectivity index (χ1n) is 56.3. The lowest BCUT2D eigenvalue weighted by Gasteiger charge is -2.38. The summed E-state index contributed by atoms with van der Waals surface area (Å²) in [6.45, 7) is 49.5. The van der Waals surface area contributed by atoms with E-state index < -0.39 is 130 Å². The number of ether oxygens (including phenoxy) is 6. The van der Waals surface area contributed by atoms with Crippen LogP contribution in [0.5, 0.6) is 34.5 Å². The maximum absolute atomic E-state index is 16.4. The minimum absolute atomic E-state index is 0.0459. The van der Waals surface area contributed by atoms with Gasteiger partial charge in [-0.05, 0) is 143 Å². The highest BCUT2D eigenvalue weighted by molar-refractivity contribution is 6.91. The third-order valence-corrected chi connectivity index (χ3v) is 51.5. The average molecular weight is 2100 g/mol. The van der Waals surface area contributed by atoms with Gasteiger partial charge in [-0.25, -0.2) is 0 Å². The lowest BCUT2D eigenvalue weighted by atomic mass is 10.0. The van der Waals surface area contributed by atoms with Crippen LogP contribution in [0.15, 0.2) is 112 Å². The molecule has 12 aromatic rings. The van der Waals surface area contributed by atoms with Crippen LogP contribution in [0.2, 0.25) is 49.9 Å². The van der Waals surface area contributed by atoms with Crippen LogP contribution in [0, 0.1) is 34.4 Å². The van der Waals surface area contributed by atoms with Crippen molar-refractivity contribution < 1.29 is 28.4 Å². The fourth-order valence-corrected chi connectivity index (χ4v) is 40.1. The number of unbranched alkanes of at least 4 members (excludes halogenated alkanes) is 18. The molecule has 27 heteroatoms. The zero-order valence-corrected chi connectivity index (χ0v) is 96.9. The van der Waals surface area contributed by atoms with Crippen LogP contribution >= 0.6 is 0 Å². The molecule has 28 rings (SSSR count). The summed E-state index contributed by atoms with van der Waals surface area (Å²) < 4.78 is 47.7. The van der Waals surface area contributed by atoms with Crippen LogP contribution in [-0.4, -0.2) is 91.3 Å². The molecule has 0 saturated carbocycles. The van der Waals surface area contributed by atoms with Crippen molar-refractivity contribution in [1.29, 1.82) is 0 Å². The molecule has 6 aromatic carbocycles. The van der Waals surface area contributed by atoms with Crippen LogP contribution in [0.4, 0.5) is 0 Å². The number of hydrogen-bond acceptors (Lipinski definition) is 18. The maximum atomic E-state index is 16.4. The van der Waals surface area contributed by atoms with E-state index in [4.69, 9.17) is 28.4 Å². The molecule has 0 radical (unpaired) electrons. The van der Waals surface area contributed by atoms with Crippen LogP contribution in [0.3, 0.4) is 0 Å². The van der Waals surface area contributed by atoms with Gasteiger partial charge in [0, 0.05) is 33.4 Å². The minimum atomic E-state index is -2.82. The van der Waals surface area contributed by atoms with Crippen LogP contribution in [-0.2, 0) is 39.3 Å². The molecule has 24 bridgehead atoms. The van der Waals surface area contributed by atoms with E-state index in [2.05, 4.69) is 201 Å². The van der Waals surface area contributed by atoms with Crippen molar-refractivity contribution in [1.82, 2.24) is 27.4 Å². The summed E-state index contributed by atoms with van der Waals surface area (Å²) in [4.78, 5) is 195. The van der Waals surface area contributed by atoms with Gasteiger partial charge in [-0.15, -0.1) is 16.6 Å². The first-order valence-corrected chi connectivity index (χ1v) is 63.0. The van der Waals surface area contributed by atoms with Crippen LogP contribution in [0.1, 0.15) is 370 Å². The summed E-state index contributed by atoms with van der Waals surface area (Å²) in [5, 5.41) is -1.83. The zero-order valence-electron chi connectivity index (χ0n) is 93.9. The summed E-state index contributed by atoms with van der Waals surface area (Å²) >= 11 is 0. The Hall–Kier alpha value is -11.7. The third kappa shape index (κ3) is 22.9. The molecule has 0 amide bonds. The summed E-state index contributed by atoms with van der Waals surface area (Å²) in [6, 6.07) is 14.1. The molecule has 6 aromatic heterocycles. The Balaban J connectivity index is 1.17. The molecular weight excluding hydrogens is 1930 g/mol. The fourth-order valence-electron chi connectivity index (χ4n) is 24.4. The molecule has 150 heavy (non-hydrogen) atoms. The van der Waals surface area contributed by atoms with Crippen LogP contribution in [0.25, 0.3) is 64.6 Å². The van der Waals surface area contributed by atoms with Crippen molar-refractivity contribution in [3.05, 3.63) is 229 Å². The second kappa shape index (κ2) is 50.2. The molecule has 24 nitrogen and oxygen atoms in total. The Morgan fingerprint density at radius 2 is 0.347 bits per heavy atom. The van der Waals surface area contributed by atoms with Gasteiger partial charge in [-0.3, -0.25) is 84.9 Å². The number of benzene rings is 6. The molecule has 0 saturated heterocycles. The molecule has 0 unspecified atom stereocenters. The SMILES string of the molecule is CCCCCCOc1cc2c(OCCCCCC)cc1Cn1c(=O)c3cc4c(=O)n(c(=O)c4c(C#C[Si](C(C)C)(C(C)C)C(C)C)c3c1=O)Cc1cc(OCCCCCC)c(cc1OCCCCCC)Cn1c(=O)c3cc4c(=O)n(c(=O)c4c(C#C[Si](C(C)C)(C(C)C)C(C)C)c3c1=O)Cc1cc(OCCCCCC)c(cc1OCCCCCC)Cn1c(=O)c3cc4c(=O)n(c(=O)c4c(C#C[Si](C(C)C)(C(C)C)C(C)C)c3c1=O)C2. The average Bonchev–Trinajstić information content (AvgIpc) is 1.57. The molecule has 16 aliphatic rings. The monoisotopic (exact) mass is 2100 g/mol. The van der Waals surface area contributed by atoms with E-state index in [-0.39, 0.29) is 205 Å². The summed E-state index contributed by atoms with van der Waals surface area (Å²) in [6.07, 6.45) is 19.3. The molecule has 0 aliphatic carbocycles. The first-order chi connectivity index (χ1) is 71.6. The molecule has 0 N–H and O–H groups in total. The zero-order chi connectivity index (χ0) is 109. The number of hydrogen-bond donors (Lipinski definition) is 0. The normalized spacial score (nSPS) is 12.9. The topological polar surface area (TPSA) is 290 Å². The second-order valence-electron chi connectivity index (χ2n) is 45.1. The molecule has 804 valence electrons. The third-order valence-electron chi connectivity index (χ3n) is 32.6. The Labute approximate surface area is 885 Å². The standard InChI is InChI=1S/C123H162N6O18Si3/c1-25-31-37-43-52-142-100-61-86-71-125-113(131)95-68-97-109(92(107(95)119(125)137)50-59-149(79(13)14,80(15)16)81(17)18)121(139)127(115(97)133)73-88-64-105(147-57-48-42-36-30-6)90(66-104(88)146-56-47-41-35-29-5)75-129-117(135)99-69-98-110(93(111(99)123(129)141)51-60-150(82(19)20,83(21)22)84(23)24)122(140)128(116(98)134)74-89-65-102(144-54-45-39-33-27-3)87(63-103(89)145-55-46-40-34-28-4)72-126-114(132)96-67-94-106(91(108(96)120(126)138)49-58-148(76(7)8,77(9)10)78(11)12)118(136)124(112(94)130)70-85(100)62-101(86)143-53-44-38-32-26-2/h61-69,76-84H,25-48,52-57,70-75H2,1-24H3. The van der Waals surface area contributed by atoms with E-state index in [1.165, 1.54) is 18.2 Å². The van der Waals surface area contributed by atoms with Gasteiger partial charge in [-0.1, -0.05) is 300 Å². The van der Waals surface area contributed by atoms with Crippen molar-refractivity contribution in [3.63, 3.8) is 0 Å². The lowest BCUT2D eigenvalue weighted by Crippen LogP contribution is -2.43. The largest absolute Gasteiger partial charge is 0.493 e. The van der Waals surface area contributed by atoms with E-state index >= 15 is 57.5 Å². The molecule has 0 spiro atoms. The highest BCUT2D eigenvalue weighted by atomic mass is 28.3. The number of aromatic nitrogens is 6. The van der Waals surface area contributed by atoms with Gasteiger partial charge < -0.3 is 28.4 Å². The van der Waals surface area contributed by atoms with E-state index in [0.29, 0.717) is 71.9 Å². The van der Waals surface area contributed by atoms with Crippen molar-refractivity contribution >= 4 is 88.9 Å². The van der Waals surface area contributed by atoms with Crippen molar-refractivity contribution in [2.45, 2.75) is 409 Å². The second-order valence-corrected chi connectivity index (χ2v) is 61.8. The molecule has 22 heterocycles. The van der Waals surface area contributed by atoms with Crippen molar-refractivity contribution in [2.75, 3.05) is 39.6 Å². The molecule has 0 atom stereocenters. The van der Waals surface area contributed by atoms with Gasteiger partial charge in [-0.2, -0.15) is 0 Å². The number of rotatable bonds is 45. The molecule has 16 aliphatic heterocycles. The van der Waals surface area contributed by atoms with Gasteiger partial charge in [0.15, 0.2) is 0 Å². The van der Waals surface area contributed by atoms with Gasteiger partial charge in [0.1, 0.15) is 58.7 Å². The predicted molar refractivity (Wildman–Crippen MR) is 620 cm³/mol. The van der Waals surface area contributed by atoms with E-state index in [0.717, 1.165) is 143 Å². The van der Waals surface area contributed by atoms with Gasteiger partial charge in [0.2, 0.25) is 0 Å². The number of nitrogens with zero attached hydrogens (tertiary/aromatic N) is 6. The van der Waals surface area contributed by atoms with Crippen molar-refractivity contribution in [2.24, 2.45) is 0 Å².